The maximum absolute atomic E-state index is 12.3. The molecule has 1 N–H and O–H groups in total. The van der Waals surface area contributed by atoms with Gasteiger partial charge < -0.3 is 5.32 Å². The summed E-state index contributed by atoms with van der Waals surface area (Å²) in [5, 5.41) is 3.02. The first-order valence-electron chi connectivity index (χ1n) is 6.51. The molecule has 3 nitrogen and oxygen atoms in total. The number of nitrogens with one attached hydrogen (secondary N) is 1. The van der Waals surface area contributed by atoms with Crippen LogP contribution >= 0.6 is 15.9 Å². The number of rotatable bonds is 3. The predicted octanol–water partition coefficient (Wildman–Crippen LogP) is 4.53. The molecule has 0 saturated carbocycles. The number of halogens is 1. The standard InChI is InChI=1S/C16H17BrN2O/c1-10(2)13-6-4-5-11(3)15(13)19-16(20)12-7-8-18-14(17)9-12/h4-10H,1-3H3,(H,19,20). The van der Waals surface area contributed by atoms with Gasteiger partial charge in [0, 0.05) is 17.4 Å². The Balaban J connectivity index is 2.33. The lowest BCUT2D eigenvalue weighted by Gasteiger charge is -2.16. The number of aromatic nitrogens is 1. The van der Waals surface area contributed by atoms with E-state index in [4.69, 9.17) is 0 Å². The van der Waals surface area contributed by atoms with E-state index in [2.05, 4.69) is 46.1 Å². The first-order valence-corrected chi connectivity index (χ1v) is 7.30. The van der Waals surface area contributed by atoms with Crippen LogP contribution in [0.5, 0.6) is 0 Å². The van der Waals surface area contributed by atoms with Crippen molar-refractivity contribution in [3.05, 3.63) is 57.8 Å². The van der Waals surface area contributed by atoms with Crippen LogP contribution in [0.25, 0.3) is 0 Å². The van der Waals surface area contributed by atoms with Gasteiger partial charge in [-0.15, -0.1) is 0 Å². The van der Waals surface area contributed by atoms with Crippen molar-refractivity contribution in [1.82, 2.24) is 4.98 Å². The molecule has 104 valence electrons. The Morgan fingerprint density at radius 1 is 1.30 bits per heavy atom. The molecule has 1 heterocycles. The van der Waals surface area contributed by atoms with E-state index >= 15 is 0 Å². The number of para-hydroxylation sites is 1. The number of carbonyl (C=O) groups excluding carboxylic acids is 1. The number of anilines is 1. The molecule has 4 heteroatoms. The highest BCUT2D eigenvalue weighted by Gasteiger charge is 2.13. The molecule has 0 aliphatic carbocycles. The first kappa shape index (κ1) is 14.7. The van der Waals surface area contributed by atoms with Crippen molar-refractivity contribution in [3.8, 4) is 0 Å². The monoisotopic (exact) mass is 332 g/mol. The van der Waals surface area contributed by atoms with Gasteiger partial charge in [-0.2, -0.15) is 0 Å². The van der Waals surface area contributed by atoms with Crippen LogP contribution in [0.2, 0.25) is 0 Å². The molecule has 0 radical (unpaired) electrons. The SMILES string of the molecule is Cc1cccc(C(C)C)c1NC(=O)c1ccnc(Br)c1. The Morgan fingerprint density at radius 2 is 2.05 bits per heavy atom. The molecule has 0 bridgehead atoms. The molecule has 1 aromatic heterocycles. The van der Waals surface area contributed by atoms with Gasteiger partial charge in [-0.1, -0.05) is 32.0 Å². The zero-order valence-electron chi connectivity index (χ0n) is 11.8. The van der Waals surface area contributed by atoms with Crippen LogP contribution in [-0.2, 0) is 0 Å². The number of pyridine rings is 1. The van der Waals surface area contributed by atoms with Crippen LogP contribution in [0, 0.1) is 6.92 Å². The average molecular weight is 333 g/mol. The minimum Gasteiger partial charge on any atom is -0.321 e. The molecule has 0 spiro atoms. The second-order valence-corrected chi connectivity index (χ2v) is 5.83. The lowest BCUT2D eigenvalue weighted by molar-refractivity contribution is 0.102. The fourth-order valence-corrected chi connectivity index (χ4v) is 2.44. The van der Waals surface area contributed by atoms with E-state index in [1.54, 1.807) is 18.3 Å². The Bertz CT molecular complexity index is 638. The fraction of sp³-hybridized carbons (Fsp3) is 0.250. The van der Waals surface area contributed by atoms with Crippen LogP contribution in [-0.4, -0.2) is 10.9 Å². The third kappa shape index (κ3) is 3.25. The van der Waals surface area contributed by atoms with Gasteiger partial charge in [0.1, 0.15) is 4.60 Å². The van der Waals surface area contributed by atoms with Gasteiger partial charge >= 0.3 is 0 Å². The van der Waals surface area contributed by atoms with Crippen molar-refractivity contribution >= 4 is 27.5 Å². The fourth-order valence-electron chi connectivity index (χ4n) is 2.07. The summed E-state index contributed by atoms with van der Waals surface area (Å²) in [6.07, 6.45) is 1.61. The second-order valence-electron chi connectivity index (χ2n) is 5.02. The quantitative estimate of drug-likeness (QED) is 0.839. The van der Waals surface area contributed by atoms with Gasteiger partial charge in [-0.05, 0) is 52.0 Å². The molecular weight excluding hydrogens is 316 g/mol. The van der Waals surface area contributed by atoms with E-state index in [9.17, 15) is 4.79 Å². The molecule has 0 fully saturated rings. The summed E-state index contributed by atoms with van der Waals surface area (Å²) in [6.45, 7) is 6.24. The topological polar surface area (TPSA) is 42.0 Å². The molecule has 0 saturated heterocycles. The smallest absolute Gasteiger partial charge is 0.255 e. The van der Waals surface area contributed by atoms with Gasteiger partial charge in [0.05, 0.1) is 0 Å². The second kappa shape index (κ2) is 6.18. The zero-order chi connectivity index (χ0) is 14.7. The number of hydrogen-bond donors (Lipinski definition) is 1. The van der Waals surface area contributed by atoms with Gasteiger partial charge in [0.2, 0.25) is 0 Å². The molecular formula is C16H17BrN2O. The largest absolute Gasteiger partial charge is 0.321 e. The molecule has 0 aliphatic heterocycles. The maximum Gasteiger partial charge on any atom is 0.255 e. The van der Waals surface area contributed by atoms with Gasteiger partial charge in [-0.3, -0.25) is 4.79 Å². The van der Waals surface area contributed by atoms with E-state index in [1.807, 2.05) is 19.1 Å². The highest BCUT2D eigenvalue weighted by atomic mass is 79.9. The highest BCUT2D eigenvalue weighted by molar-refractivity contribution is 9.10. The summed E-state index contributed by atoms with van der Waals surface area (Å²) in [4.78, 5) is 16.4. The third-order valence-corrected chi connectivity index (χ3v) is 3.59. The van der Waals surface area contributed by atoms with E-state index in [0.717, 1.165) is 16.8 Å². The van der Waals surface area contributed by atoms with Gasteiger partial charge in [0.15, 0.2) is 0 Å². The molecule has 1 aromatic carbocycles. The third-order valence-electron chi connectivity index (χ3n) is 3.15. The molecule has 2 aromatic rings. The van der Waals surface area contributed by atoms with Crippen molar-refractivity contribution in [1.29, 1.82) is 0 Å². The molecule has 0 unspecified atom stereocenters. The van der Waals surface area contributed by atoms with E-state index in [1.165, 1.54) is 0 Å². The Morgan fingerprint density at radius 3 is 2.70 bits per heavy atom. The Labute approximate surface area is 127 Å². The minimum atomic E-state index is -0.121. The van der Waals surface area contributed by atoms with Crippen molar-refractivity contribution in [2.45, 2.75) is 26.7 Å². The number of hydrogen-bond acceptors (Lipinski definition) is 2. The molecule has 1 amide bonds. The van der Waals surface area contributed by atoms with Gasteiger partial charge in [0.25, 0.3) is 5.91 Å². The summed E-state index contributed by atoms with van der Waals surface area (Å²) in [7, 11) is 0. The maximum atomic E-state index is 12.3. The van der Waals surface area contributed by atoms with Crippen molar-refractivity contribution < 1.29 is 4.79 Å². The summed E-state index contributed by atoms with van der Waals surface area (Å²) in [5.74, 6) is 0.235. The van der Waals surface area contributed by atoms with Crippen LogP contribution in [0.15, 0.2) is 41.1 Å². The molecule has 20 heavy (non-hydrogen) atoms. The van der Waals surface area contributed by atoms with E-state index in [0.29, 0.717) is 16.1 Å². The van der Waals surface area contributed by atoms with E-state index < -0.39 is 0 Å². The lowest BCUT2D eigenvalue weighted by atomic mass is 9.98. The van der Waals surface area contributed by atoms with Crippen molar-refractivity contribution in [3.63, 3.8) is 0 Å². The number of nitrogens with zero attached hydrogens (tertiary/aromatic N) is 1. The summed E-state index contributed by atoms with van der Waals surface area (Å²) < 4.78 is 0.652. The van der Waals surface area contributed by atoms with Crippen molar-refractivity contribution in [2.75, 3.05) is 5.32 Å². The van der Waals surface area contributed by atoms with Crippen molar-refractivity contribution in [2.24, 2.45) is 0 Å². The summed E-state index contributed by atoms with van der Waals surface area (Å²) in [5.41, 5.74) is 3.70. The van der Waals surface area contributed by atoms with Crippen LogP contribution in [0.3, 0.4) is 0 Å². The predicted molar refractivity (Wildman–Crippen MR) is 85.2 cm³/mol. The minimum absolute atomic E-state index is 0.121. The lowest BCUT2D eigenvalue weighted by Crippen LogP contribution is -2.15. The number of carbonyl (C=O) groups is 1. The number of aryl methyl sites for hydroxylation is 1. The molecule has 0 aliphatic rings. The Kier molecular flexibility index (Phi) is 4.55. The van der Waals surface area contributed by atoms with Crippen LogP contribution in [0.1, 0.15) is 41.3 Å². The van der Waals surface area contributed by atoms with Crippen LogP contribution in [0.4, 0.5) is 5.69 Å². The first-order chi connectivity index (χ1) is 9.49. The number of amides is 1. The summed E-state index contributed by atoms with van der Waals surface area (Å²) in [6, 6.07) is 9.49. The molecule has 0 atom stereocenters. The number of benzene rings is 1. The van der Waals surface area contributed by atoms with Crippen LogP contribution < -0.4 is 5.32 Å². The Hall–Kier alpha value is -1.68. The molecule has 2 rings (SSSR count). The highest BCUT2D eigenvalue weighted by Crippen LogP contribution is 2.27. The van der Waals surface area contributed by atoms with E-state index in [-0.39, 0.29) is 5.91 Å². The summed E-state index contributed by atoms with van der Waals surface area (Å²) >= 11 is 3.28. The zero-order valence-corrected chi connectivity index (χ0v) is 13.4. The average Bonchev–Trinajstić information content (AvgIpc) is 2.40. The normalized spacial score (nSPS) is 10.7. The van der Waals surface area contributed by atoms with Gasteiger partial charge in [-0.25, -0.2) is 4.98 Å².